The number of methoxy groups -OCH3 is 2. The molecule has 0 radical (unpaired) electrons. The summed E-state index contributed by atoms with van der Waals surface area (Å²) in [4.78, 5) is 125. The standard InChI is InChI=1S/C68H72Br2N8O12/c1-39(73(9)65(85)89-67(3,4)5)59(79)71-51-37-77(55-19-15-13-17-53(55)75(63(51)83)35-49-47-29-27-45(69)33-43(47)25-31-57(49)87-11)61(81)41-21-23-42(24-22-41)62(82)78-38-52(72-60(80)40(2)74(10)66(86)90-68(6,7)8)64(84)76(54-18-14-16-20-56(54)78)36-50-48-30-28-46(70)34-44(48)26-32-58(50)88-12/h13-34,39-40,51-52H,35-38H2,1-12H3,(H,71,79)(H,72,80)/t39-,40-,51-,52-/m0/s1. The van der Waals surface area contributed by atoms with Gasteiger partial charge in [-0.05, 0) is 162 Å². The second-order valence-corrected chi connectivity index (χ2v) is 25.9. The Morgan fingerprint density at radius 3 is 1.20 bits per heavy atom. The predicted molar refractivity (Wildman–Crippen MR) is 352 cm³/mol. The number of rotatable bonds is 14. The first kappa shape index (κ1) is 65.4. The van der Waals surface area contributed by atoms with Crippen LogP contribution in [0.5, 0.6) is 11.5 Å². The fraction of sp³-hybridized carbons (Fsp3) is 0.324. The van der Waals surface area contributed by atoms with Gasteiger partial charge in [0.25, 0.3) is 23.6 Å². The average Bonchev–Trinajstić information content (AvgIpc) is 1.50. The highest BCUT2D eigenvalue weighted by Crippen LogP contribution is 2.41. The molecule has 20 nitrogen and oxygen atoms in total. The molecule has 0 saturated heterocycles. The van der Waals surface area contributed by atoms with Crippen LogP contribution >= 0.6 is 31.9 Å². The summed E-state index contributed by atoms with van der Waals surface area (Å²) in [6.07, 6.45) is -1.52. The summed E-state index contributed by atoms with van der Waals surface area (Å²) in [7, 11) is 5.91. The highest BCUT2D eigenvalue weighted by atomic mass is 79.9. The van der Waals surface area contributed by atoms with Gasteiger partial charge >= 0.3 is 12.2 Å². The van der Waals surface area contributed by atoms with Gasteiger partial charge in [-0.15, -0.1) is 0 Å². The number of nitrogens with zero attached hydrogens (tertiary/aromatic N) is 6. The molecule has 7 aromatic rings. The molecule has 2 N–H and O–H groups in total. The SMILES string of the molecule is COc1ccc2cc(Br)ccc2c1CN1C(=O)[C@@H](NC(=O)[C@H](C)N(C)C(=O)OC(C)(C)C)CN(C(=O)c2ccc(C(=O)N3C[C@H](NC(=O)[C@H](C)N(C)C(=O)OC(C)(C)C)C(=O)N(Cc4c(OC)ccc5cc(Br)ccc45)c4ccccc43)cc2)c2ccccc21. The van der Waals surface area contributed by atoms with Crippen LogP contribution in [0.2, 0.25) is 0 Å². The van der Waals surface area contributed by atoms with E-state index in [1.807, 2.05) is 60.7 Å². The molecule has 0 unspecified atom stereocenters. The van der Waals surface area contributed by atoms with Gasteiger partial charge in [0.05, 0.1) is 63.1 Å². The van der Waals surface area contributed by atoms with E-state index in [4.69, 9.17) is 18.9 Å². The molecule has 0 aliphatic carbocycles. The van der Waals surface area contributed by atoms with Gasteiger partial charge in [0.2, 0.25) is 11.8 Å². The van der Waals surface area contributed by atoms with Gasteiger partial charge in [0.15, 0.2) is 0 Å². The Bertz CT molecular complexity index is 3730. The number of carbonyl (C=O) groups is 8. The van der Waals surface area contributed by atoms with Gasteiger partial charge in [0, 0.05) is 45.3 Å². The summed E-state index contributed by atoms with van der Waals surface area (Å²) in [6, 6.07) is 33.6. The predicted octanol–water partition coefficient (Wildman–Crippen LogP) is 11.4. The lowest BCUT2D eigenvalue weighted by atomic mass is 10.0. The van der Waals surface area contributed by atoms with Crippen LogP contribution in [0.1, 0.15) is 87.2 Å². The van der Waals surface area contributed by atoms with Crippen LogP contribution in [0.4, 0.5) is 32.3 Å². The average molecular weight is 1350 g/mol. The van der Waals surface area contributed by atoms with E-state index in [2.05, 4.69) is 42.5 Å². The first-order valence-corrected chi connectivity index (χ1v) is 30.7. The fourth-order valence-corrected chi connectivity index (χ4v) is 11.6. The van der Waals surface area contributed by atoms with Gasteiger partial charge in [-0.25, -0.2) is 9.59 Å². The quantitative estimate of drug-likeness (QED) is 0.104. The molecule has 22 heteroatoms. The molecule has 8 amide bonds. The van der Waals surface area contributed by atoms with Crippen LogP contribution in [-0.4, -0.2) is 134 Å². The van der Waals surface area contributed by atoms with E-state index in [-0.39, 0.29) is 37.3 Å². The first-order chi connectivity index (χ1) is 42.6. The second-order valence-electron chi connectivity index (χ2n) is 24.1. The summed E-state index contributed by atoms with van der Waals surface area (Å²) in [5, 5.41) is 9.06. The van der Waals surface area contributed by atoms with Gasteiger partial charge in [-0.2, -0.15) is 0 Å². The van der Waals surface area contributed by atoms with E-state index in [1.54, 1.807) is 90.1 Å². The van der Waals surface area contributed by atoms with Crippen LogP contribution in [0.15, 0.2) is 142 Å². The number of benzene rings is 7. The van der Waals surface area contributed by atoms with Crippen LogP contribution in [0.25, 0.3) is 21.5 Å². The van der Waals surface area contributed by atoms with Gasteiger partial charge in [0.1, 0.15) is 46.9 Å². The number of ether oxygens (including phenoxy) is 4. The number of para-hydroxylation sites is 4. The van der Waals surface area contributed by atoms with Crippen molar-refractivity contribution in [3.8, 4) is 11.5 Å². The molecular formula is C68H72Br2N8O12. The maximum absolute atomic E-state index is 15.4. The van der Waals surface area contributed by atoms with Crippen LogP contribution in [0, 0.1) is 0 Å². The van der Waals surface area contributed by atoms with E-state index in [1.165, 1.54) is 86.0 Å². The lowest BCUT2D eigenvalue weighted by Crippen LogP contribution is -2.57. The third-order valence-corrected chi connectivity index (χ3v) is 16.7. The largest absolute Gasteiger partial charge is 0.496 e. The molecule has 4 atom stereocenters. The molecule has 9 rings (SSSR count). The molecule has 0 saturated carbocycles. The van der Waals surface area contributed by atoms with E-state index in [0.717, 1.165) is 40.3 Å². The second kappa shape index (κ2) is 26.6. The maximum atomic E-state index is 15.4. The molecule has 470 valence electrons. The van der Waals surface area contributed by atoms with Crippen LogP contribution < -0.4 is 39.7 Å². The van der Waals surface area contributed by atoms with Crippen molar-refractivity contribution in [2.24, 2.45) is 0 Å². The summed E-state index contributed by atoms with van der Waals surface area (Å²) < 4.78 is 24.6. The van der Waals surface area contributed by atoms with Crippen molar-refractivity contribution in [1.29, 1.82) is 0 Å². The Morgan fingerprint density at radius 2 is 0.867 bits per heavy atom. The number of nitrogens with one attached hydrogen (secondary N) is 2. The smallest absolute Gasteiger partial charge is 0.410 e. The Kier molecular flexibility index (Phi) is 19.3. The number of amides is 8. The van der Waals surface area contributed by atoms with E-state index < -0.39 is 83.0 Å². The van der Waals surface area contributed by atoms with Crippen LogP contribution in [0.3, 0.4) is 0 Å². The molecule has 0 fully saturated rings. The van der Waals surface area contributed by atoms with Crippen molar-refractivity contribution in [3.63, 3.8) is 0 Å². The zero-order chi connectivity index (χ0) is 65.3. The highest BCUT2D eigenvalue weighted by molar-refractivity contribution is 9.10. The Hall–Kier alpha value is -9.02. The lowest BCUT2D eigenvalue weighted by Gasteiger charge is -2.30. The monoisotopic (exact) mass is 1350 g/mol. The van der Waals surface area contributed by atoms with E-state index in [9.17, 15) is 19.2 Å². The molecule has 2 aliphatic rings. The molecule has 7 aromatic carbocycles. The van der Waals surface area contributed by atoms with Crippen LogP contribution in [-0.2, 0) is 41.7 Å². The number of hydrogen-bond donors (Lipinski definition) is 2. The summed E-state index contributed by atoms with van der Waals surface area (Å²) in [6.45, 7) is 12.4. The highest BCUT2D eigenvalue weighted by Gasteiger charge is 2.42. The topological polar surface area (TPSA) is 217 Å². The fourth-order valence-electron chi connectivity index (χ4n) is 10.8. The Balaban J connectivity index is 1.08. The van der Waals surface area contributed by atoms with E-state index in [0.29, 0.717) is 45.4 Å². The minimum atomic E-state index is -1.39. The van der Waals surface area contributed by atoms with E-state index >= 15 is 19.2 Å². The zero-order valence-electron chi connectivity index (χ0n) is 52.2. The summed E-state index contributed by atoms with van der Waals surface area (Å²) in [5.74, 6) is -2.70. The minimum Gasteiger partial charge on any atom is -0.496 e. The first-order valence-electron chi connectivity index (χ1n) is 29.1. The van der Waals surface area contributed by atoms with Crippen molar-refractivity contribution >= 4 is 124 Å². The van der Waals surface area contributed by atoms with Crippen molar-refractivity contribution in [2.75, 3.05) is 61.0 Å². The molecule has 90 heavy (non-hydrogen) atoms. The normalized spacial score (nSPS) is 15.8. The van der Waals surface area contributed by atoms with Crippen molar-refractivity contribution < 1.29 is 57.3 Å². The summed E-state index contributed by atoms with van der Waals surface area (Å²) in [5.41, 5.74) is 1.15. The molecular weight excluding hydrogens is 1280 g/mol. The third kappa shape index (κ3) is 14.0. The van der Waals surface area contributed by atoms with Gasteiger partial charge in [-0.1, -0.05) is 80.4 Å². The number of carbonyl (C=O) groups excluding carboxylic acids is 8. The summed E-state index contributed by atoms with van der Waals surface area (Å²) >= 11 is 7.14. The van der Waals surface area contributed by atoms with Gasteiger partial charge in [-0.3, -0.25) is 38.6 Å². The molecule has 0 spiro atoms. The zero-order valence-corrected chi connectivity index (χ0v) is 55.3. The molecule has 0 aromatic heterocycles. The third-order valence-electron chi connectivity index (χ3n) is 15.7. The Morgan fingerprint density at radius 1 is 0.522 bits per heavy atom. The molecule has 2 aliphatic heterocycles. The minimum absolute atomic E-state index is 0.0538. The molecule has 2 heterocycles. The van der Waals surface area contributed by atoms with Crippen molar-refractivity contribution in [1.82, 2.24) is 20.4 Å². The molecule has 0 bridgehead atoms. The number of fused-ring (bicyclic) bond motifs is 4. The van der Waals surface area contributed by atoms with Crippen molar-refractivity contribution in [2.45, 2.75) is 104 Å². The number of halogens is 2. The van der Waals surface area contributed by atoms with Crippen molar-refractivity contribution in [3.05, 3.63) is 165 Å². The van der Waals surface area contributed by atoms with Gasteiger partial charge < -0.3 is 49.2 Å². The lowest BCUT2D eigenvalue weighted by molar-refractivity contribution is -0.130. The maximum Gasteiger partial charge on any atom is 0.410 e. The number of hydrogen-bond acceptors (Lipinski definition) is 12. The number of anilines is 4. The Labute approximate surface area is 539 Å². The number of likely N-dealkylation sites (N-methyl/N-ethyl adjacent to an activating group) is 2.